The summed E-state index contributed by atoms with van der Waals surface area (Å²) in [6, 6.07) is 16.7. The van der Waals surface area contributed by atoms with Gasteiger partial charge in [0.2, 0.25) is 0 Å². The van der Waals surface area contributed by atoms with E-state index in [0.717, 1.165) is 40.7 Å². The van der Waals surface area contributed by atoms with Crippen molar-refractivity contribution in [3.05, 3.63) is 60.3 Å². The number of nitrogens with zero attached hydrogens (tertiary/aromatic N) is 3. The van der Waals surface area contributed by atoms with Gasteiger partial charge in [0, 0.05) is 24.3 Å². The van der Waals surface area contributed by atoms with Crippen molar-refractivity contribution in [1.29, 1.82) is 0 Å². The normalized spacial score (nSPS) is 13.2. The number of rotatable bonds is 5. The number of nitrogens with one attached hydrogen (secondary N) is 2. The van der Waals surface area contributed by atoms with Crippen LogP contribution in [0, 0.1) is 0 Å². The number of hydrogen-bond donors (Lipinski definition) is 3. The minimum Gasteiger partial charge on any atom is -0.495 e. The molecular formula is C24H24N6O2. The molecule has 1 aliphatic rings. The Kier molecular flexibility index (Phi) is 4.89. The number of fused-ring (bicyclic) bond motifs is 1. The standard InChI is InChI=1S/C24H24N6O2/c1-30-23-21(22(25)29-30)17(13-19(27-23)15-7-8-15)14-9-11-16(12-10-14)26-24(31)28-18-5-3-4-6-20(18)32-2/h3-6,9-13,15H,7-8H2,1-2H3,(H2,25,29)(H2,26,28,31). The van der Waals surface area contributed by atoms with Crippen molar-refractivity contribution >= 4 is 34.3 Å². The van der Waals surface area contributed by atoms with Crippen molar-refractivity contribution in [1.82, 2.24) is 14.8 Å². The van der Waals surface area contributed by atoms with E-state index in [2.05, 4.69) is 21.8 Å². The molecule has 1 aliphatic carbocycles. The third-order valence-corrected chi connectivity index (χ3v) is 5.65. The Morgan fingerprint density at radius 3 is 2.59 bits per heavy atom. The number of aryl methyl sites for hydroxylation is 1. The maximum Gasteiger partial charge on any atom is 0.323 e. The first kappa shape index (κ1) is 19.9. The molecule has 2 amide bonds. The van der Waals surface area contributed by atoms with Crippen LogP contribution in [0.2, 0.25) is 0 Å². The molecule has 2 heterocycles. The predicted octanol–water partition coefficient (Wildman–Crippen LogP) is 4.75. The Labute approximate surface area is 185 Å². The number of anilines is 3. The summed E-state index contributed by atoms with van der Waals surface area (Å²) in [4.78, 5) is 17.2. The van der Waals surface area contributed by atoms with Crippen molar-refractivity contribution in [3.63, 3.8) is 0 Å². The molecule has 0 aliphatic heterocycles. The lowest BCUT2D eigenvalue weighted by Gasteiger charge is -2.12. The van der Waals surface area contributed by atoms with E-state index < -0.39 is 0 Å². The first-order chi connectivity index (χ1) is 15.5. The SMILES string of the molecule is COc1ccccc1NC(=O)Nc1ccc(-c2cc(C3CC3)nc3c2c(N)nn3C)cc1. The van der Waals surface area contributed by atoms with Gasteiger partial charge in [0.05, 0.1) is 18.2 Å². The number of benzene rings is 2. The number of amides is 2. The number of aromatic nitrogens is 3. The van der Waals surface area contributed by atoms with Crippen LogP contribution in [0.4, 0.5) is 22.0 Å². The van der Waals surface area contributed by atoms with Crippen molar-refractivity contribution in [2.24, 2.45) is 7.05 Å². The van der Waals surface area contributed by atoms with Crippen LogP contribution in [0.1, 0.15) is 24.5 Å². The number of carbonyl (C=O) groups excluding carboxylic acids is 1. The number of ether oxygens (including phenoxy) is 1. The highest BCUT2D eigenvalue weighted by atomic mass is 16.5. The van der Waals surface area contributed by atoms with Crippen molar-refractivity contribution in [2.45, 2.75) is 18.8 Å². The molecule has 32 heavy (non-hydrogen) atoms. The predicted molar refractivity (Wildman–Crippen MR) is 126 cm³/mol. The second-order valence-corrected chi connectivity index (χ2v) is 7.93. The highest BCUT2D eigenvalue weighted by molar-refractivity contribution is 6.02. The maximum atomic E-state index is 12.4. The summed E-state index contributed by atoms with van der Waals surface area (Å²) in [6.07, 6.45) is 2.32. The molecule has 0 bridgehead atoms. The van der Waals surface area contributed by atoms with E-state index in [1.54, 1.807) is 23.9 Å². The monoisotopic (exact) mass is 428 g/mol. The molecule has 162 valence electrons. The van der Waals surface area contributed by atoms with E-state index in [4.69, 9.17) is 15.5 Å². The molecule has 1 saturated carbocycles. The van der Waals surface area contributed by atoms with Crippen LogP contribution in [0.15, 0.2) is 54.6 Å². The second-order valence-electron chi connectivity index (χ2n) is 7.93. The molecule has 0 radical (unpaired) electrons. The fraction of sp³-hybridized carbons (Fsp3) is 0.208. The lowest BCUT2D eigenvalue weighted by Crippen LogP contribution is -2.19. The van der Waals surface area contributed by atoms with E-state index in [0.29, 0.717) is 28.9 Å². The van der Waals surface area contributed by atoms with Gasteiger partial charge in [-0.3, -0.25) is 0 Å². The molecule has 0 saturated heterocycles. The minimum absolute atomic E-state index is 0.346. The molecule has 4 N–H and O–H groups in total. The quantitative estimate of drug-likeness (QED) is 0.425. The largest absolute Gasteiger partial charge is 0.495 e. The van der Waals surface area contributed by atoms with Crippen molar-refractivity contribution in [2.75, 3.05) is 23.5 Å². The fourth-order valence-electron chi connectivity index (χ4n) is 3.88. The zero-order chi connectivity index (χ0) is 22.2. The van der Waals surface area contributed by atoms with Crippen LogP contribution >= 0.6 is 0 Å². The third-order valence-electron chi connectivity index (χ3n) is 5.65. The smallest absolute Gasteiger partial charge is 0.323 e. The molecule has 8 nitrogen and oxygen atoms in total. The number of hydrogen-bond acceptors (Lipinski definition) is 5. The van der Waals surface area contributed by atoms with Crippen LogP contribution < -0.4 is 21.1 Å². The average Bonchev–Trinajstić information content (AvgIpc) is 3.60. The van der Waals surface area contributed by atoms with Crippen LogP contribution in [-0.4, -0.2) is 27.9 Å². The third kappa shape index (κ3) is 3.71. The molecule has 2 aromatic carbocycles. The number of pyridine rings is 1. The van der Waals surface area contributed by atoms with E-state index in [1.807, 2.05) is 43.4 Å². The van der Waals surface area contributed by atoms with Gasteiger partial charge in [-0.15, -0.1) is 0 Å². The summed E-state index contributed by atoms with van der Waals surface area (Å²) in [5, 5.41) is 10.9. The van der Waals surface area contributed by atoms with E-state index in [-0.39, 0.29) is 6.03 Å². The van der Waals surface area contributed by atoms with E-state index in [1.165, 1.54) is 0 Å². The molecule has 1 fully saturated rings. The number of urea groups is 1. The van der Waals surface area contributed by atoms with Gasteiger partial charge >= 0.3 is 6.03 Å². The summed E-state index contributed by atoms with van der Waals surface area (Å²) in [7, 11) is 3.43. The second kappa shape index (κ2) is 7.88. The highest BCUT2D eigenvalue weighted by Gasteiger charge is 2.27. The van der Waals surface area contributed by atoms with Crippen LogP contribution in [-0.2, 0) is 7.05 Å². The summed E-state index contributed by atoms with van der Waals surface area (Å²) in [5.41, 5.74) is 11.3. The Hall–Kier alpha value is -4.07. The van der Waals surface area contributed by atoms with Gasteiger partial charge in [-0.25, -0.2) is 14.5 Å². The van der Waals surface area contributed by atoms with Gasteiger partial charge in [-0.1, -0.05) is 24.3 Å². The summed E-state index contributed by atoms with van der Waals surface area (Å²) >= 11 is 0. The lowest BCUT2D eigenvalue weighted by molar-refractivity contribution is 0.262. The number of nitrogen functional groups attached to an aromatic ring is 1. The fourth-order valence-corrected chi connectivity index (χ4v) is 3.88. The molecule has 4 aromatic rings. The van der Waals surface area contributed by atoms with Crippen molar-refractivity contribution < 1.29 is 9.53 Å². The molecule has 0 atom stereocenters. The van der Waals surface area contributed by atoms with Crippen LogP contribution in [0.25, 0.3) is 22.2 Å². The summed E-state index contributed by atoms with van der Waals surface area (Å²) in [6.45, 7) is 0. The lowest BCUT2D eigenvalue weighted by atomic mass is 10.0. The summed E-state index contributed by atoms with van der Waals surface area (Å²) in [5.74, 6) is 1.57. The molecule has 8 heteroatoms. The summed E-state index contributed by atoms with van der Waals surface area (Å²) < 4.78 is 7.01. The van der Waals surface area contributed by atoms with E-state index in [9.17, 15) is 4.79 Å². The van der Waals surface area contributed by atoms with Gasteiger partial charge in [0.15, 0.2) is 11.5 Å². The molecule has 5 rings (SSSR count). The molecular weight excluding hydrogens is 404 g/mol. The van der Waals surface area contributed by atoms with Gasteiger partial charge in [-0.05, 0) is 54.3 Å². The van der Waals surface area contributed by atoms with Crippen LogP contribution in [0.5, 0.6) is 5.75 Å². The Morgan fingerprint density at radius 2 is 1.88 bits per heavy atom. The first-order valence-corrected chi connectivity index (χ1v) is 10.5. The Balaban J connectivity index is 1.40. The highest BCUT2D eigenvalue weighted by Crippen LogP contribution is 2.42. The minimum atomic E-state index is -0.346. The van der Waals surface area contributed by atoms with Gasteiger partial charge < -0.3 is 21.1 Å². The Bertz CT molecular complexity index is 1310. The van der Waals surface area contributed by atoms with E-state index >= 15 is 0 Å². The van der Waals surface area contributed by atoms with Crippen molar-refractivity contribution in [3.8, 4) is 16.9 Å². The topological polar surface area (TPSA) is 107 Å². The number of nitrogens with two attached hydrogens (primary N) is 1. The average molecular weight is 428 g/mol. The van der Waals surface area contributed by atoms with Gasteiger partial charge in [0.25, 0.3) is 0 Å². The first-order valence-electron chi connectivity index (χ1n) is 10.5. The number of carbonyl (C=O) groups is 1. The zero-order valence-corrected chi connectivity index (χ0v) is 17.9. The molecule has 2 aromatic heterocycles. The Morgan fingerprint density at radius 1 is 1.12 bits per heavy atom. The number of methoxy groups -OCH3 is 1. The van der Waals surface area contributed by atoms with Gasteiger partial charge in [0.1, 0.15) is 5.75 Å². The molecule has 0 spiro atoms. The van der Waals surface area contributed by atoms with Crippen LogP contribution in [0.3, 0.4) is 0 Å². The maximum absolute atomic E-state index is 12.4. The molecule has 0 unspecified atom stereocenters. The van der Waals surface area contributed by atoms with Gasteiger partial charge in [-0.2, -0.15) is 5.10 Å². The number of para-hydroxylation sites is 2. The zero-order valence-electron chi connectivity index (χ0n) is 17.9.